The van der Waals surface area contributed by atoms with Crippen LogP contribution in [0.3, 0.4) is 0 Å². The van der Waals surface area contributed by atoms with Crippen molar-refractivity contribution < 1.29 is 0 Å². The second-order valence-corrected chi connectivity index (χ2v) is 4.58. The van der Waals surface area contributed by atoms with Gasteiger partial charge in [0, 0.05) is 11.4 Å². The van der Waals surface area contributed by atoms with E-state index < -0.39 is 0 Å². The minimum Gasteiger partial charge on any atom is -0.313 e. The fraction of sp³-hybridized carbons (Fsp3) is 0.500. The number of nitrogens with one attached hydrogen (secondary N) is 1. The zero-order valence-corrected chi connectivity index (χ0v) is 10.1. The van der Waals surface area contributed by atoms with Gasteiger partial charge in [-0.3, -0.25) is 0 Å². The van der Waals surface area contributed by atoms with Gasteiger partial charge in [-0.15, -0.1) is 11.3 Å². The molecule has 1 aromatic rings. The van der Waals surface area contributed by atoms with Gasteiger partial charge in [0.1, 0.15) is 0 Å². The van der Waals surface area contributed by atoms with E-state index in [0.29, 0.717) is 0 Å². The van der Waals surface area contributed by atoms with Crippen LogP contribution in [0, 0.1) is 6.92 Å². The second kappa shape index (κ2) is 5.99. The third-order valence-electron chi connectivity index (χ3n) is 2.11. The molecule has 0 fully saturated rings. The summed E-state index contributed by atoms with van der Waals surface area (Å²) in [6.07, 6.45) is 3.48. The van der Waals surface area contributed by atoms with Crippen molar-refractivity contribution in [2.75, 3.05) is 13.1 Å². The molecule has 0 aliphatic carbocycles. The lowest BCUT2D eigenvalue weighted by atomic mass is 10.2. The highest BCUT2D eigenvalue weighted by molar-refractivity contribution is 7.11. The Hall–Kier alpha value is -0.600. The Labute approximate surface area is 90.9 Å². The van der Waals surface area contributed by atoms with E-state index in [1.807, 2.05) is 11.3 Å². The Morgan fingerprint density at radius 1 is 1.57 bits per heavy atom. The van der Waals surface area contributed by atoms with Crippen molar-refractivity contribution in [3.8, 4) is 0 Å². The molecule has 0 unspecified atom stereocenters. The molecule has 2 heteroatoms. The van der Waals surface area contributed by atoms with Crippen molar-refractivity contribution in [3.05, 3.63) is 27.5 Å². The third-order valence-corrected chi connectivity index (χ3v) is 3.08. The summed E-state index contributed by atoms with van der Waals surface area (Å²) in [5.41, 5.74) is 2.79. The van der Waals surface area contributed by atoms with Crippen LogP contribution in [-0.4, -0.2) is 13.1 Å². The fourth-order valence-electron chi connectivity index (χ4n) is 1.27. The summed E-state index contributed by atoms with van der Waals surface area (Å²) in [6, 6.07) is 2.17. The highest BCUT2D eigenvalue weighted by atomic mass is 32.1. The van der Waals surface area contributed by atoms with Crippen LogP contribution >= 0.6 is 11.3 Å². The lowest BCUT2D eigenvalue weighted by Crippen LogP contribution is -2.16. The maximum Gasteiger partial charge on any atom is 0.0299 e. The fourth-order valence-corrected chi connectivity index (χ4v) is 2.21. The van der Waals surface area contributed by atoms with Crippen molar-refractivity contribution in [2.45, 2.75) is 27.2 Å². The highest BCUT2D eigenvalue weighted by Gasteiger charge is 1.96. The molecule has 1 aromatic heterocycles. The number of thiophene rings is 1. The summed E-state index contributed by atoms with van der Waals surface area (Å²) in [7, 11) is 0. The van der Waals surface area contributed by atoms with E-state index in [1.54, 1.807) is 0 Å². The quantitative estimate of drug-likeness (QED) is 0.732. The lowest BCUT2D eigenvalue weighted by molar-refractivity contribution is 0.715. The Morgan fingerprint density at radius 3 is 2.93 bits per heavy atom. The lowest BCUT2D eigenvalue weighted by Gasteiger charge is -2.02. The molecule has 0 saturated carbocycles. The summed E-state index contributed by atoms with van der Waals surface area (Å²) >= 11 is 1.81. The van der Waals surface area contributed by atoms with E-state index in [4.69, 9.17) is 0 Å². The van der Waals surface area contributed by atoms with Crippen LogP contribution < -0.4 is 5.32 Å². The van der Waals surface area contributed by atoms with Gasteiger partial charge < -0.3 is 5.32 Å². The van der Waals surface area contributed by atoms with Gasteiger partial charge in [0.15, 0.2) is 0 Å². The van der Waals surface area contributed by atoms with E-state index in [9.17, 15) is 0 Å². The topological polar surface area (TPSA) is 12.0 Å². The van der Waals surface area contributed by atoms with Crippen LogP contribution in [-0.2, 0) is 0 Å². The zero-order chi connectivity index (χ0) is 10.4. The molecule has 0 radical (unpaired) electrons. The van der Waals surface area contributed by atoms with Crippen molar-refractivity contribution in [1.29, 1.82) is 0 Å². The van der Waals surface area contributed by atoms with Crippen LogP contribution in [0.1, 0.15) is 30.7 Å². The first kappa shape index (κ1) is 11.5. The van der Waals surface area contributed by atoms with Crippen LogP contribution in [0.5, 0.6) is 0 Å². The molecule has 0 saturated heterocycles. The minimum atomic E-state index is 1.01. The molecular formula is C12H19NS. The number of hydrogen-bond donors (Lipinski definition) is 1. The van der Waals surface area contributed by atoms with Gasteiger partial charge in [0.2, 0.25) is 0 Å². The molecule has 14 heavy (non-hydrogen) atoms. The van der Waals surface area contributed by atoms with Gasteiger partial charge in [-0.05, 0) is 49.9 Å². The second-order valence-electron chi connectivity index (χ2n) is 3.64. The van der Waals surface area contributed by atoms with E-state index >= 15 is 0 Å². The Bertz CT molecular complexity index is 299. The normalized spacial score (nSPS) is 12.1. The summed E-state index contributed by atoms with van der Waals surface area (Å²) in [5.74, 6) is 0. The van der Waals surface area contributed by atoms with Crippen molar-refractivity contribution in [1.82, 2.24) is 5.32 Å². The molecular weight excluding hydrogens is 190 g/mol. The molecule has 1 nitrogen and oxygen atoms in total. The summed E-state index contributed by atoms with van der Waals surface area (Å²) in [5, 5.41) is 5.55. The largest absolute Gasteiger partial charge is 0.313 e. The SMILES string of the molecule is CCCNCC(C)=Cc1sccc1C. The highest BCUT2D eigenvalue weighted by Crippen LogP contribution is 2.18. The molecule has 1 rings (SSSR count). The Balaban J connectivity index is 2.47. The van der Waals surface area contributed by atoms with Gasteiger partial charge in [0.05, 0.1) is 0 Å². The van der Waals surface area contributed by atoms with Crippen LogP contribution in [0.25, 0.3) is 6.08 Å². The average molecular weight is 209 g/mol. The van der Waals surface area contributed by atoms with Gasteiger partial charge in [0.25, 0.3) is 0 Å². The molecule has 0 aliphatic heterocycles. The maximum atomic E-state index is 3.40. The van der Waals surface area contributed by atoms with Crippen molar-refractivity contribution in [2.24, 2.45) is 0 Å². The van der Waals surface area contributed by atoms with Crippen LogP contribution in [0.2, 0.25) is 0 Å². The van der Waals surface area contributed by atoms with E-state index in [1.165, 1.54) is 22.4 Å². The van der Waals surface area contributed by atoms with E-state index in [-0.39, 0.29) is 0 Å². The zero-order valence-electron chi connectivity index (χ0n) is 9.26. The van der Waals surface area contributed by atoms with Crippen molar-refractivity contribution >= 4 is 17.4 Å². The molecule has 0 bridgehead atoms. The molecule has 0 amide bonds. The smallest absolute Gasteiger partial charge is 0.0299 e. The first-order valence-electron chi connectivity index (χ1n) is 5.16. The predicted octanol–water partition coefficient (Wildman–Crippen LogP) is 3.46. The summed E-state index contributed by atoms with van der Waals surface area (Å²) < 4.78 is 0. The monoisotopic (exact) mass is 209 g/mol. The van der Waals surface area contributed by atoms with Gasteiger partial charge in [-0.1, -0.05) is 12.5 Å². The van der Waals surface area contributed by atoms with Gasteiger partial charge >= 0.3 is 0 Å². The number of hydrogen-bond acceptors (Lipinski definition) is 2. The van der Waals surface area contributed by atoms with Crippen LogP contribution in [0.15, 0.2) is 17.0 Å². The van der Waals surface area contributed by atoms with Gasteiger partial charge in [-0.25, -0.2) is 0 Å². The first-order valence-corrected chi connectivity index (χ1v) is 6.04. The molecule has 78 valence electrons. The predicted molar refractivity (Wildman–Crippen MR) is 65.9 cm³/mol. The molecule has 0 spiro atoms. The summed E-state index contributed by atoms with van der Waals surface area (Å²) in [4.78, 5) is 1.39. The molecule has 1 N–H and O–H groups in total. The number of rotatable bonds is 5. The van der Waals surface area contributed by atoms with Crippen molar-refractivity contribution in [3.63, 3.8) is 0 Å². The number of aryl methyl sites for hydroxylation is 1. The molecule has 0 aliphatic rings. The molecule has 1 heterocycles. The standard InChI is InChI=1S/C12H19NS/c1-4-6-13-9-10(2)8-12-11(3)5-7-14-12/h5,7-8,13H,4,6,9H2,1-3H3. The van der Waals surface area contributed by atoms with E-state index in [0.717, 1.165) is 13.1 Å². The van der Waals surface area contributed by atoms with Gasteiger partial charge in [-0.2, -0.15) is 0 Å². The summed E-state index contributed by atoms with van der Waals surface area (Å²) in [6.45, 7) is 8.64. The minimum absolute atomic E-state index is 1.01. The average Bonchev–Trinajstić information content (AvgIpc) is 2.52. The Morgan fingerprint density at radius 2 is 2.36 bits per heavy atom. The van der Waals surface area contributed by atoms with Crippen LogP contribution in [0.4, 0.5) is 0 Å². The first-order chi connectivity index (χ1) is 6.74. The molecule has 0 atom stereocenters. The van der Waals surface area contributed by atoms with E-state index in [2.05, 4.69) is 43.6 Å². The third kappa shape index (κ3) is 3.64. The molecule has 0 aromatic carbocycles. The maximum absolute atomic E-state index is 3.40. The Kier molecular flexibility index (Phi) is 4.91.